The first-order valence-corrected chi connectivity index (χ1v) is 6.29. The number of hydrogen-bond acceptors (Lipinski definition) is 2. The molecular formula is C14H12ClF3N2. The molecule has 0 aliphatic carbocycles. The SMILES string of the molecule is CC(Nc1ccc(Cl)nc1)c1ccc(C(F)(F)F)cc1. The van der Waals surface area contributed by atoms with Crippen LogP contribution in [-0.4, -0.2) is 4.98 Å². The third kappa shape index (κ3) is 3.63. The summed E-state index contributed by atoms with van der Waals surface area (Å²) in [5.74, 6) is 0. The molecular weight excluding hydrogens is 289 g/mol. The lowest BCUT2D eigenvalue weighted by Crippen LogP contribution is -2.09. The van der Waals surface area contributed by atoms with Gasteiger partial charge in [0.05, 0.1) is 17.4 Å². The molecule has 0 amide bonds. The van der Waals surface area contributed by atoms with Gasteiger partial charge in [-0.3, -0.25) is 0 Å². The van der Waals surface area contributed by atoms with Crippen LogP contribution in [0, 0.1) is 0 Å². The highest BCUT2D eigenvalue weighted by molar-refractivity contribution is 6.29. The minimum Gasteiger partial charge on any atom is -0.377 e. The molecule has 0 saturated heterocycles. The highest BCUT2D eigenvalue weighted by Gasteiger charge is 2.30. The first-order chi connectivity index (χ1) is 9.36. The van der Waals surface area contributed by atoms with Crippen molar-refractivity contribution >= 4 is 17.3 Å². The van der Waals surface area contributed by atoms with Gasteiger partial charge < -0.3 is 5.32 Å². The Bertz CT molecular complexity index is 564. The molecule has 106 valence electrons. The summed E-state index contributed by atoms with van der Waals surface area (Å²) in [6.07, 6.45) is -2.74. The number of aromatic nitrogens is 1. The predicted molar refractivity (Wildman–Crippen MR) is 72.7 cm³/mol. The van der Waals surface area contributed by atoms with Crippen molar-refractivity contribution in [1.82, 2.24) is 4.98 Å². The Kier molecular flexibility index (Phi) is 4.18. The summed E-state index contributed by atoms with van der Waals surface area (Å²) in [4.78, 5) is 3.93. The molecule has 1 N–H and O–H groups in total. The maximum absolute atomic E-state index is 12.5. The predicted octanol–water partition coefficient (Wildman–Crippen LogP) is 4.93. The van der Waals surface area contributed by atoms with Crippen LogP contribution in [-0.2, 0) is 6.18 Å². The van der Waals surface area contributed by atoms with Crippen molar-refractivity contribution in [2.24, 2.45) is 0 Å². The molecule has 0 radical (unpaired) electrons. The van der Waals surface area contributed by atoms with Gasteiger partial charge >= 0.3 is 6.18 Å². The van der Waals surface area contributed by atoms with Crippen molar-refractivity contribution in [3.05, 3.63) is 58.9 Å². The lowest BCUT2D eigenvalue weighted by molar-refractivity contribution is -0.137. The number of hydrogen-bond donors (Lipinski definition) is 1. The van der Waals surface area contributed by atoms with E-state index in [1.54, 1.807) is 18.3 Å². The average molecular weight is 301 g/mol. The number of halogens is 4. The zero-order valence-corrected chi connectivity index (χ0v) is 11.3. The lowest BCUT2D eigenvalue weighted by Gasteiger charge is -2.16. The zero-order chi connectivity index (χ0) is 14.8. The second-order valence-electron chi connectivity index (χ2n) is 4.36. The largest absolute Gasteiger partial charge is 0.416 e. The maximum Gasteiger partial charge on any atom is 0.416 e. The van der Waals surface area contributed by atoms with Gasteiger partial charge in [0.2, 0.25) is 0 Å². The van der Waals surface area contributed by atoms with Crippen LogP contribution in [0.15, 0.2) is 42.6 Å². The van der Waals surface area contributed by atoms with Gasteiger partial charge in [-0.15, -0.1) is 0 Å². The summed E-state index contributed by atoms with van der Waals surface area (Å²) in [5, 5.41) is 3.53. The van der Waals surface area contributed by atoms with Crippen LogP contribution in [0.25, 0.3) is 0 Å². The van der Waals surface area contributed by atoms with Crippen molar-refractivity contribution in [1.29, 1.82) is 0 Å². The van der Waals surface area contributed by atoms with Crippen LogP contribution in [0.2, 0.25) is 5.15 Å². The van der Waals surface area contributed by atoms with Gasteiger partial charge in [-0.05, 0) is 36.8 Å². The van der Waals surface area contributed by atoms with Crippen molar-refractivity contribution in [2.45, 2.75) is 19.1 Å². The van der Waals surface area contributed by atoms with E-state index in [0.717, 1.165) is 23.4 Å². The summed E-state index contributed by atoms with van der Waals surface area (Å²) in [5.41, 5.74) is 0.858. The fourth-order valence-corrected chi connectivity index (χ4v) is 1.87. The van der Waals surface area contributed by atoms with Gasteiger partial charge in [0.1, 0.15) is 5.15 Å². The zero-order valence-electron chi connectivity index (χ0n) is 10.6. The summed E-state index contributed by atoms with van der Waals surface area (Å²) in [6, 6.07) is 8.34. The Hall–Kier alpha value is -1.75. The van der Waals surface area contributed by atoms with E-state index in [9.17, 15) is 13.2 Å². The van der Waals surface area contributed by atoms with Gasteiger partial charge in [-0.25, -0.2) is 4.98 Å². The summed E-state index contributed by atoms with van der Waals surface area (Å²) >= 11 is 5.68. The van der Waals surface area contributed by atoms with E-state index in [0.29, 0.717) is 5.15 Å². The third-order valence-corrected chi connectivity index (χ3v) is 3.07. The van der Waals surface area contributed by atoms with E-state index in [2.05, 4.69) is 10.3 Å². The number of nitrogens with one attached hydrogen (secondary N) is 1. The second-order valence-corrected chi connectivity index (χ2v) is 4.74. The highest BCUT2D eigenvalue weighted by atomic mass is 35.5. The van der Waals surface area contributed by atoms with Crippen molar-refractivity contribution in [2.75, 3.05) is 5.32 Å². The fraction of sp³-hybridized carbons (Fsp3) is 0.214. The molecule has 0 aliphatic heterocycles. The second kappa shape index (κ2) is 5.71. The summed E-state index contributed by atoms with van der Waals surface area (Å²) in [7, 11) is 0. The minimum absolute atomic E-state index is 0.139. The number of alkyl halides is 3. The summed E-state index contributed by atoms with van der Waals surface area (Å²) < 4.78 is 37.4. The Morgan fingerprint density at radius 1 is 1.10 bits per heavy atom. The molecule has 1 aromatic heterocycles. The van der Waals surface area contributed by atoms with Crippen molar-refractivity contribution in [3.63, 3.8) is 0 Å². The van der Waals surface area contributed by atoms with E-state index in [4.69, 9.17) is 11.6 Å². The first kappa shape index (κ1) is 14.7. The number of nitrogens with zero attached hydrogens (tertiary/aromatic N) is 1. The quantitative estimate of drug-likeness (QED) is 0.813. The minimum atomic E-state index is -4.31. The van der Waals surface area contributed by atoms with Gasteiger partial charge in [0, 0.05) is 6.04 Å². The normalized spacial score (nSPS) is 13.1. The maximum atomic E-state index is 12.5. The topological polar surface area (TPSA) is 24.9 Å². The monoisotopic (exact) mass is 300 g/mol. The number of anilines is 1. The number of rotatable bonds is 3. The third-order valence-electron chi connectivity index (χ3n) is 2.85. The van der Waals surface area contributed by atoms with Crippen LogP contribution in [0.5, 0.6) is 0 Å². The van der Waals surface area contributed by atoms with E-state index >= 15 is 0 Å². The van der Waals surface area contributed by atoms with E-state index in [-0.39, 0.29) is 6.04 Å². The lowest BCUT2D eigenvalue weighted by atomic mass is 10.1. The van der Waals surface area contributed by atoms with Crippen LogP contribution >= 0.6 is 11.6 Å². The number of pyridine rings is 1. The molecule has 1 heterocycles. The molecule has 1 unspecified atom stereocenters. The molecule has 0 saturated carbocycles. The summed E-state index contributed by atoms with van der Waals surface area (Å²) in [6.45, 7) is 1.86. The van der Waals surface area contributed by atoms with Gasteiger partial charge in [-0.2, -0.15) is 13.2 Å². The van der Waals surface area contributed by atoms with Gasteiger partial charge in [0.25, 0.3) is 0 Å². The Labute approximate surface area is 119 Å². The van der Waals surface area contributed by atoms with Crippen LogP contribution in [0.4, 0.5) is 18.9 Å². The Balaban J connectivity index is 2.09. The molecule has 6 heteroatoms. The molecule has 2 aromatic rings. The number of benzene rings is 1. The van der Waals surface area contributed by atoms with Crippen molar-refractivity contribution < 1.29 is 13.2 Å². The van der Waals surface area contributed by atoms with E-state index in [1.165, 1.54) is 12.1 Å². The average Bonchev–Trinajstić information content (AvgIpc) is 2.40. The molecule has 0 fully saturated rings. The Morgan fingerprint density at radius 2 is 1.75 bits per heavy atom. The Morgan fingerprint density at radius 3 is 2.25 bits per heavy atom. The molecule has 0 bridgehead atoms. The highest BCUT2D eigenvalue weighted by Crippen LogP contribution is 2.30. The molecule has 1 aromatic carbocycles. The van der Waals surface area contributed by atoms with Crippen LogP contribution in [0.1, 0.15) is 24.1 Å². The standard InChI is InChI=1S/C14H12ClF3N2/c1-9(20-12-6-7-13(15)19-8-12)10-2-4-11(5-3-10)14(16,17)18/h2-9,20H,1H3. The molecule has 0 spiro atoms. The van der Waals surface area contributed by atoms with Crippen LogP contribution in [0.3, 0.4) is 0 Å². The first-order valence-electron chi connectivity index (χ1n) is 5.91. The van der Waals surface area contributed by atoms with Gasteiger partial charge in [0.15, 0.2) is 0 Å². The van der Waals surface area contributed by atoms with Crippen molar-refractivity contribution in [3.8, 4) is 0 Å². The van der Waals surface area contributed by atoms with E-state index < -0.39 is 11.7 Å². The molecule has 0 aliphatic rings. The smallest absolute Gasteiger partial charge is 0.377 e. The fourth-order valence-electron chi connectivity index (χ4n) is 1.76. The molecule has 2 rings (SSSR count). The van der Waals surface area contributed by atoms with E-state index in [1.807, 2.05) is 6.92 Å². The van der Waals surface area contributed by atoms with Gasteiger partial charge in [-0.1, -0.05) is 23.7 Å². The van der Waals surface area contributed by atoms with Crippen LogP contribution < -0.4 is 5.32 Å². The molecule has 1 atom stereocenters. The molecule has 2 nitrogen and oxygen atoms in total. The molecule has 20 heavy (non-hydrogen) atoms.